The first-order valence-electron chi connectivity index (χ1n) is 4.88. The summed E-state index contributed by atoms with van der Waals surface area (Å²) >= 11 is 0. The Morgan fingerprint density at radius 1 is 1.00 bits per heavy atom. The molecule has 2 aromatic rings. The van der Waals surface area contributed by atoms with Gasteiger partial charge in [0.05, 0.1) is 11.1 Å². The van der Waals surface area contributed by atoms with E-state index in [0.29, 0.717) is 0 Å². The van der Waals surface area contributed by atoms with Gasteiger partial charge in [0, 0.05) is 11.8 Å². The summed E-state index contributed by atoms with van der Waals surface area (Å²) in [5, 5.41) is 0. The van der Waals surface area contributed by atoms with E-state index in [1.165, 1.54) is 18.2 Å². The lowest BCUT2D eigenvalue weighted by atomic mass is 10.0. The lowest BCUT2D eigenvalue weighted by Crippen LogP contribution is -2.23. The predicted octanol–water partition coefficient (Wildman–Crippen LogP) is 1.75. The third-order valence-corrected chi connectivity index (χ3v) is 2.34. The fourth-order valence-corrected chi connectivity index (χ4v) is 1.58. The normalized spacial score (nSPS) is 11.5. The number of hydrogen-bond donors (Lipinski definition) is 2. The van der Waals surface area contributed by atoms with Crippen molar-refractivity contribution in [1.82, 2.24) is 9.97 Å². The number of rotatable bonds is 1. The van der Waals surface area contributed by atoms with Crippen LogP contribution in [-0.2, 0) is 6.18 Å². The molecule has 1 aromatic carbocycles. The summed E-state index contributed by atoms with van der Waals surface area (Å²) in [5.41, 5.74) is -3.07. The van der Waals surface area contributed by atoms with Gasteiger partial charge in [0.15, 0.2) is 0 Å². The number of aromatic amines is 2. The number of H-pyrrole nitrogens is 2. The van der Waals surface area contributed by atoms with Gasteiger partial charge >= 0.3 is 11.9 Å². The largest absolute Gasteiger partial charge is 0.417 e. The van der Waals surface area contributed by atoms with Crippen LogP contribution in [0.3, 0.4) is 0 Å². The van der Waals surface area contributed by atoms with Crippen molar-refractivity contribution >= 4 is 0 Å². The predicted molar refractivity (Wildman–Crippen MR) is 58.1 cm³/mol. The third kappa shape index (κ3) is 2.20. The van der Waals surface area contributed by atoms with Crippen molar-refractivity contribution in [1.29, 1.82) is 0 Å². The topological polar surface area (TPSA) is 65.7 Å². The van der Waals surface area contributed by atoms with Crippen molar-refractivity contribution in [2.45, 2.75) is 6.18 Å². The number of hydrogen-bond acceptors (Lipinski definition) is 2. The van der Waals surface area contributed by atoms with Gasteiger partial charge in [-0.1, -0.05) is 18.2 Å². The van der Waals surface area contributed by atoms with Crippen LogP contribution in [0.1, 0.15) is 5.56 Å². The van der Waals surface area contributed by atoms with Crippen LogP contribution in [-0.4, -0.2) is 9.97 Å². The fourth-order valence-electron chi connectivity index (χ4n) is 1.58. The zero-order chi connectivity index (χ0) is 13.3. The first-order chi connectivity index (χ1) is 8.39. The van der Waals surface area contributed by atoms with Crippen LogP contribution in [0.2, 0.25) is 0 Å². The zero-order valence-electron chi connectivity index (χ0n) is 8.84. The van der Waals surface area contributed by atoms with Gasteiger partial charge in [-0.05, 0) is 6.07 Å². The van der Waals surface area contributed by atoms with Crippen LogP contribution in [0, 0.1) is 0 Å². The molecule has 4 nitrogen and oxygen atoms in total. The Morgan fingerprint density at radius 3 is 2.28 bits per heavy atom. The van der Waals surface area contributed by atoms with Gasteiger partial charge < -0.3 is 4.98 Å². The molecule has 0 atom stereocenters. The van der Waals surface area contributed by atoms with Gasteiger partial charge in [-0.3, -0.25) is 9.78 Å². The molecule has 7 heteroatoms. The maximum Gasteiger partial charge on any atom is 0.417 e. The van der Waals surface area contributed by atoms with Crippen molar-refractivity contribution in [2.75, 3.05) is 0 Å². The van der Waals surface area contributed by atoms with Crippen LogP contribution in [0.25, 0.3) is 11.1 Å². The molecule has 0 radical (unpaired) electrons. The van der Waals surface area contributed by atoms with Gasteiger partial charge in [0.2, 0.25) is 0 Å². The van der Waals surface area contributed by atoms with Crippen LogP contribution in [0.4, 0.5) is 13.2 Å². The zero-order valence-corrected chi connectivity index (χ0v) is 8.84. The van der Waals surface area contributed by atoms with E-state index in [4.69, 9.17) is 0 Å². The molecular weight excluding hydrogens is 249 g/mol. The highest BCUT2D eigenvalue weighted by molar-refractivity contribution is 5.66. The fraction of sp³-hybridized carbons (Fsp3) is 0.0909. The maximum absolute atomic E-state index is 12.8. The van der Waals surface area contributed by atoms with Crippen molar-refractivity contribution < 1.29 is 13.2 Å². The number of alkyl halides is 3. The Morgan fingerprint density at radius 2 is 1.67 bits per heavy atom. The molecule has 0 saturated carbocycles. The van der Waals surface area contributed by atoms with E-state index in [-0.39, 0.29) is 11.1 Å². The van der Waals surface area contributed by atoms with Crippen LogP contribution < -0.4 is 11.2 Å². The molecule has 2 N–H and O–H groups in total. The van der Waals surface area contributed by atoms with Gasteiger partial charge in [-0.25, -0.2) is 4.79 Å². The molecule has 1 aromatic heterocycles. The monoisotopic (exact) mass is 256 g/mol. The van der Waals surface area contributed by atoms with E-state index in [0.717, 1.165) is 12.3 Å². The molecule has 0 saturated heterocycles. The first-order valence-corrected chi connectivity index (χ1v) is 4.88. The summed E-state index contributed by atoms with van der Waals surface area (Å²) in [4.78, 5) is 26.3. The van der Waals surface area contributed by atoms with E-state index < -0.39 is 23.0 Å². The molecule has 0 fully saturated rings. The molecule has 0 bridgehead atoms. The lowest BCUT2D eigenvalue weighted by Gasteiger charge is -2.11. The maximum atomic E-state index is 12.8. The van der Waals surface area contributed by atoms with Gasteiger partial charge in [-0.15, -0.1) is 0 Å². The highest BCUT2D eigenvalue weighted by atomic mass is 19.4. The standard InChI is InChI=1S/C11H7F3N2O2/c12-11(13,14)8-4-2-1-3-6(8)7-5-15-10(18)16-9(7)17/h1-5H,(H2,15,16,17,18). The summed E-state index contributed by atoms with van der Waals surface area (Å²) in [6.07, 6.45) is -3.61. The minimum Gasteiger partial charge on any atom is -0.313 e. The second-order valence-corrected chi connectivity index (χ2v) is 3.53. The first kappa shape index (κ1) is 12.2. The second kappa shape index (κ2) is 4.17. The molecule has 0 unspecified atom stereocenters. The summed E-state index contributed by atoms with van der Waals surface area (Å²) in [7, 11) is 0. The number of benzene rings is 1. The highest BCUT2D eigenvalue weighted by Gasteiger charge is 2.33. The van der Waals surface area contributed by atoms with E-state index in [1.807, 2.05) is 4.98 Å². The third-order valence-electron chi connectivity index (χ3n) is 2.34. The molecule has 94 valence electrons. The Bertz CT molecular complexity index is 685. The number of aromatic nitrogens is 2. The molecule has 0 aliphatic rings. The molecule has 1 heterocycles. The van der Waals surface area contributed by atoms with E-state index >= 15 is 0 Å². The smallest absolute Gasteiger partial charge is 0.313 e. The second-order valence-electron chi connectivity index (χ2n) is 3.53. The van der Waals surface area contributed by atoms with E-state index in [2.05, 4.69) is 4.98 Å². The summed E-state index contributed by atoms with van der Waals surface area (Å²) in [6, 6.07) is 4.66. The minimum absolute atomic E-state index is 0.234. The number of halogens is 3. The Labute approximate surface area is 98.1 Å². The van der Waals surface area contributed by atoms with Crippen LogP contribution in [0.15, 0.2) is 40.1 Å². The molecule has 0 spiro atoms. The van der Waals surface area contributed by atoms with Gasteiger partial charge in [0.1, 0.15) is 0 Å². The molecule has 18 heavy (non-hydrogen) atoms. The van der Waals surface area contributed by atoms with E-state index in [9.17, 15) is 22.8 Å². The Kier molecular flexibility index (Phi) is 2.82. The summed E-state index contributed by atoms with van der Waals surface area (Å²) in [5.74, 6) is 0. The van der Waals surface area contributed by atoms with Crippen LogP contribution in [0.5, 0.6) is 0 Å². The Balaban J connectivity index is 2.72. The molecular formula is C11H7F3N2O2. The summed E-state index contributed by atoms with van der Waals surface area (Å²) < 4.78 is 38.3. The average molecular weight is 256 g/mol. The van der Waals surface area contributed by atoms with Crippen LogP contribution >= 0.6 is 0 Å². The van der Waals surface area contributed by atoms with Gasteiger partial charge in [-0.2, -0.15) is 13.2 Å². The van der Waals surface area contributed by atoms with Crippen molar-refractivity contribution in [2.24, 2.45) is 0 Å². The molecule has 0 aliphatic heterocycles. The highest BCUT2D eigenvalue weighted by Crippen LogP contribution is 2.35. The minimum atomic E-state index is -4.57. The number of nitrogens with one attached hydrogen (secondary N) is 2. The van der Waals surface area contributed by atoms with Gasteiger partial charge in [0.25, 0.3) is 5.56 Å². The molecule has 0 aliphatic carbocycles. The van der Waals surface area contributed by atoms with Crippen molar-refractivity contribution in [3.05, 3.63) is 56.9 Å². The Hall–Kier alpha value is -2.31. The quantitative estimate of drug-likeness (QED) is 0.816. The average Bonchev–Trinajstić information content (AvgIpc) is 2.28. The lowest BCUT2D eigenvalue weighted by molar-refractivity contribution is -0.137. The SMILES string of the molecule is O=c1[nH]cc(-c2ccccc2C(F)(F)F)c(=O)[nH]1. The molecule has 2 rings (SSSR count). The molecule has 0 amide bonds. The van der Waals surface area contributed by atoms with Crippen molar-refractivity contribution in [3.63, 3.8) is 0 Å². The summed E-state index contributed by atoms with van der Waals surface area (Å²) in [6.45, 7) is 0. The van der Waals surface area contributed by atoms with E-state index in [1.54, 1.807) is 0 Å². The van der Waals surface area contributed by atoms with Crippen molar-refractivity contribution in [3.8, 4) is 11.1 Å².